The fraction of sp³-hybridized carbons (Fsp3) is 1.00. The zero-order valence-electron chi connectivity index (χ0n) is 8.03. The first-order valence-corrected chi connectivity index (χ1v) is 8.04. The van der Waals surface area contributed by atoms with Crippen molar-refractivity contribution in [3.63, 3.8) is 0 Å². The lowest BCUT2D eigenvalue weighted by Crippen LogP contribution is -2.27. The molecule has 0 bridgehead atoms. The van der Waals surface area contributed by atoms with Crippen LogP contribution in [0.2, 0.25) is 0 Å². The average Bonchev–Trinajstić information content (AvgIpc) is 2.16. The topological polar surface area (TPSA) is 0 Å². The van der Waals surface area contributed by atoms with Crippen LogP contribution in [0, 0.1) is 5.41 Å². The lowest BCUT2D eigenvalue weighted by Gasteiger charge is -2.35. The van der Waals surface area contributed by atoms with Gasteiger partial charge in [0.25, 0.3) is 0 Å². The molecule has 0 radical (unpaired) electrons. The van der Waals surface area contributed by atoms with E-state index in [0.29, 0.717) is 0 Å². The molecule has 0 aromatic heterocycles. The molecule has 1 rings (SSSR count). The van der Waals surface area contributed by atoms with Gasteiger partial charge in [-0.25, -0.2) is 0 Å². The average molecular weight is 298 g/mol. The Morgan fingerprint density at radius 3 is 2.50 bits per heavy atom. The number of hydrogen-bond acceptors (Lipinski definition) is 0. The Labute approximate surface area is 92.2 Å². The van der Waals surface area contributed by atoms with Crippen LogP contribution in [0.1, 0.15) is 39.0 Å². The van der Waals surface area contributed by atoms with E-state index in [4.69, 9.17) is 0 Å². The molecule has 0 aromatic carbocycles. The van der Waals surface area contributed by atoms with E-state index in [0.717, 1.165) is 5.41 Å². The third kappa shape index (κ3) is 3.14. The van der Waals surface area contributed by atoms with Crippen LogP contribution in [0.25, 0.3) is 0 Å². The van der Waals surface area contributed by atoms with Gasteiger partial charge in [0, 0.05) is 4.43 Å². The second-order valence-corrected chi connectivity index (χ2v) is 6.25. The monoisotopic (exact) mass is 298 g/mol. The van der Waals surface area contributed by atoms with Crippen LogP contribution < -0.4 is 0 Å². The van der Waals surface area contributed by atoms with Crippen LogP contribution in [0.4, 0.5) is 0 Å². The van der Waals surface area contributed by atoms with Gasteiger partial charge in [0.1, 0.15) is 0 Å². The second-order valence-electron chi connectivity index (χ2n) is 3.99. The molecule has 2 heteroatoms. The first-order chi connectivity index (χ1) is 5.83. The fourth-order valence-electron chi connectivity index (χ4n) is 1.96. The van der Waals surface area contributed by atoms with Crippen LogP contribution in [-0.2, 0) is 0 Å². The van der Waals surface area contributed by atoms with E-state index in [-0.39, 0.29) is 0 Å². The Balaban J connectivity index is 2.37. The summed E-state index contributed by atoms with van der Waals surface area (Å²) in [6, 6.07) is 0. The Bertz CT molecular complexity index is 119. The van der Waals surface area contributed by atoms with Crippen molar-refractivity contribution in [3.8, 4) is 0 Å². The summed E-state index contributed by atoms with van der Waals surface area (Å²) in [4.78, 5) is 0. The fourth-order valence-corrected chi connectivity index (χ4v) is 4.77. The van der Waals surface area contributed by atoms with Crippen molar-refractivity contribution in [1.29, 1.82) is 0 Å². The number of rotatable bonds is 4. The predicted molar refractivity (Wildman–Crippen MR) is 68.1 cm³/mol. The second kappa shape index (κ2) is 5.80. The van der Waals surface area contributed by atoms with Crippen LogP contribution in [0.15, 0.2) is 0 Å². The van der Waals surface area contributed by atoms with Crippen molar-refractivity contribution in [1.82, 2.24) is 0 Å². The lowest BCUT2D eigenvalue weighted by molar-refractivity contribution is 0.275. The van der Waals surface area contributed by atoms with Gasteiger partial charge in [-0.3, -0.25) is 0 Å². The van der Waals surface area contributed by atoms with Crippen LogP contribution in [0.5, 0.6) is 0 Å². The van der Waals surface area contributed by atoms with Crippen LogP contribution >= 0.6 is 31.2 Å². The number of hydrogen-bond donors (Lipinski definition) is 0. The first kappa shape index (κ1) is 11.2. The summed E-state index contributed by atoms with van der Waals surface area (Å²) in [5, 5.41) is 0. The summed E-state index contributed by atoms with van der Waals surface area (Å²) in [7, 11) is 1.27. The molecule has 1 heterocycles. The Hall–Kier alpha value is 1.16. The van der Waals surface area contributed by atoms with Crippen LogP contribution in [0.3, 0.4) is 0 Å². The number of unbranched alkanes of at least 4 members (excludes halogenated alkanes) is 1. The van der Waals surface area contributed by atoms with Crippen LogP contribution in [-0.4, -0.2) is 16.8 Å². The molecule has 1 aliphatic heterocycles. The molecule has 0 aliphatic carbocycles. The van der Waals surface area contributed by atoms with Crippen molar-refractivity contribution in [2.45, 2.75) is 39.0 Å². The summed E-state index contributed by atoms with van der Waals surface area (Å²) in [6.07, 6.45) is 10.4. The normalized spacial score (nSPS) is 32.5. The number of halogens is 1. The van der Waals surface area contributed by atoms with Gasteiger partial charge in [0.15, 0.2) is 0 Å². The van der Waals surface area contributed by atoms with E-state index in [1.165, 1.54) is 57.4 Å². The minimum absolute atomic E-state index is 0.766. The minimum atomic E-state index is 0.766. The quantitative estimate of drug-likeness (QED) is 0.417. The molecule has 0 N–H and O–H groups in total. The highest BCUT2D eigenvalue weighted by Crippen LogP contribution is 2.42. The molecule has 0 saturated carbocycles. The van der Waals surface area contributed by atoms with Gasteiger partial charge >= 0.3 is 0 Å². The van der Waals surface area contributed by atoms with Crippen molar-refractivity contribution >= 4 is 31.2 Å². The van der Waals surface area contributed by atoms with E-state index in [1.807, 2.05) is 0 Å². The summed E-state index contributed by atoms with van der Waals surface area (Å²) in [5.74, 6) is 0. The lowest BCUT2D eigenvalue weighted by atomic mass is 9.79. The van der Waals surface area contributed by atoms with E-state index in [1.54, 1.807) is 0 Å². The van der Waals surface area contributed by atoms with E-state index in [2.05, 4.69) is 29.5 Å². The standard InChI is InChI=1S/C10H20IP/c1-2-3-4-10(9-11)5-7-12-8-6-10/h12H,2-9H2,1H3. The molecule has 0 aromatic rings. The van der Waals surface area contributed by atoms with E-state index < -0.39 is 0 Å². The maximum atomic E-state index is 2.60. The molecule has 1 aliphatic rings. The van der Waals surface area contributed by atoms with E-state index >= 15 is 0 Å². The summed E-state index contributed by atoms with van der Waals surface area (Å²) in [6.45, 7) is 2.31. The Kier molecular flexibility index (Phi) is 5.43. The molecule has 72 valence electrons. The molecule has 0 unspecified atom stereocenters. The SMILES string of the molecule is CCCCC1(CI)CCPCC1. The molecule has 0 atom stereocenters. The summed E-state index contributed by atoms with van der Waals surface area (Å²) in [5.41, 5.74) is 0.766. The highest BCUT2D eigenvalue weighted by Gasteiger charge is 2.29. The molecule has 0 spiro atoms. The maximum absolute atomic E-state index is 2.60. The van der Waals surface area contributed by atoms with Gasteiger partial charge in [0.2, 0.25) is 0 Å². The highest BCUT2D eigenvalue weighted by atomic mass is 127. The molecule has 12 heavy (non-hydrogen) atoms. The maximum Gasteiger partial charge on any atom is 0.00522 e. The van der Waals surface area contributed by atoms with Gasteiger partial charge in [0.05, 0.1) is 0 Å². The Morgan fingerprint density at radius 1 is 1.33 bits per heavy atom. The van der Waals surface area contributed by atoms with Gasteiger partial charge in [-0.2, -0.15) is 0 Å². The smallest absolute Gasteiger partial charge is 0.00522 e. The zero-order valence-corrected chi connectivity index (χ0v) is 11.2. The van der Waals surface area contributed by atoms with Crippen molar-refractivity contribution in [2.24, 2.45) is 5.41 Å². The molecule has 1 fully saturated rings. The third-order valence-corrected chi connectivity index (χ3v) is 5.83. The molecular weight excluding hydrogens is 278 g/mol. The van der Waals surface area contributed by atoms with Crippen molar-refractivity contribution in [2.75, 3.05) is 16.8 Å². The highest BCUT2D eigenvalue weighted by molar-refractivity contribution is 14.1. The van der Waals surface area contributed by atoms with Crippen molar-refractivity contribution < 1.29 is 0 Å². The summed E-state index contributed by atoms with van der Waals surface area (Å²) >= 11 is 2.60. The van der Waals surface area contributed by atoms with Gasteiger partial charge in [-0.05, 0) is 37.0 Å². The summed E-state index contributed by atoms with van der Waals surface area (Å²) < 4.78 is 1.40. The number of alkyl halides is 1. The minimum Gasteiger partial charge on any atom is -0.122 e. The van der Waals surface area contributed by atoms with E-state index in [9.17, 15) is 0 Å². The predicted octanol–water partition coefficient (Wildman–Crippen LogP) is 4.07. The molecule has 1 saturated heterocycles. The third-order valence-electron chi connectivity index (χ3n) is 3.01. The first-order valence-electron chi connectivity index (χ1n) is 5.10. The largest absolute Gasteiger partial charge is 0.122 e. The van der Waals surface area contributed by atoms with Gasteiger partial charge < -0.3 is 0 Å². The molecular formula is C10H20IP. The Morgan fingerprint density at radius 2 is 2.00 bits per heavy atom. The zero-order chi connectivity index (χ0) is 8.86. The van der Waals surface area contributed by atoms with Crippen molar-refractivity contribution in [3.05, 3.63) is 0 Å². The van der Waals surface area contributed by atoms with Gasteiger partial charge in [-0.1, -0.05) is 42.4 Å². The van der Waals surface area contributed by atoms with Gasteiger partial charge in [-0.15, -0.1) is 8.58 Å². The molecule has 0 amide bonds. The molecule has 0 nitrogen and oxygen atoms in total.